The lowest BCUT2D eigenvalue weighted by molar-refractivity contribution is -0.115. The molecule has 2 aliphatic heterocycles. The van der Waals surface area contributed by atoms with Crippen molar-refractivity contribution in [2.24, 2.45) is 12.0 Å². The molecule has 1 N–H and O–H groups in total. The SMILES string of the molecule is Cn1ncc(-c2ccc3c(c2)C(C(=O)NC2CCN(CC(C)(C)F)CC2)=NCCC3)c1C(F)F. The Morgan fingerprint density at radius 1 is 1.24 bits per heavy atom. The summed E-state index contributed by atoms with van der Waals surface area (Å²) < 4.78 is 42.4. The van der Waals surface area contributed by atoms with Crippen molar-refractivity contribution in [3.05, 3.63) is 41.2 Å². The van der Waals surface area contributed by atoms with Crippen LogP contribution in [0, 0.1) is 0 Å². The lowest BCUT2D eigenvalue weighted by atomic mass is 9.94. The number of hydrogen-bond acceptors (Lipinski definition) is 4. The second-order valence-electron chi connectivity index (χ2n) is 9.82. The minimum atomic E-state index is -2.66. The fourth-order valence-electron chi connectivity index (χ4n) is 4.87. The molecular weight excluding hydrogens is 443 g/mol. The average molecular weight is 476 g/mol. The Balaban J connectivity index is 1.53. The number of benzene rings is 1. The second-order valence-corrected chi connectivity index (χ2v) is 9.82. The number of aliphatic imine (C=N–C) groups is 1. The second kappa shape index (κ2) is 9.90. The number of halogens is 3. The molecule has 3 heterocycles. The highest BCUT2D eigenvalue weighted by Gasteiger charge is 2.28. The molecule has 0 atom stereocenters. The van der Waals surface area contributed by atoms with Gasteiger partial charge in [0.2, 0.25) is 0 Å². The van der Waals surface area contributed by atoms with E-state index >= 15 is 0 Å². The molecule has 0 spiro atoms. The van der Waals surface area contributed by atoms with Gasteiger partial charge in [-0.2, -0.15) is 5.10 Å². The molecule has 2 aliphatic rings. The normalized spacial score (nSPS) is 17.9. The lowest BCUT2D eigenvalue weighted by Crippen LogP contribution is -2.48. The number of nitrogens with zero attached hydrogens (tertiary/aromatic N) is 4. The molecule has 6 nitrogen and oxygen atoms in total. The van der Waals surface area contributed by atoms with Gasteiger partial charge in [0.1, 0.15) is 17.1 Å². The molecule has 1 amide bonds. The van der Waals surface area contributed by atoms with Crippen LogP contribution in [-0.4, -0.2) is 64.2 Å². The largest absolute Gasteiger partial charge is 0.348 e. The van der Waals surface area contributed by atoms with E-state index in [1.54, 1.807) is 19.9 Å². The fourth-order valence-corrected chi connectivity index (χ4v) is 4.87. The molecule has 34 heavy (non-hydrogen) atoms. The maximum Gasteiger partial charge on any atom is 0.280 e. The van der Waals surface area contributed by atoms with Crippen LogP contribution in [0.15, 0.2) is 29.4 Å². The molecule has 2 aromatic rings. The quantitative estimate of drug-likeness (QED) is 0.685. The van der Waals surface area contributed by atoms with Crippen LogP contribution < -0.4 is 5.32 Å². The van der Waals surface area contributed by atoms with Gasteiger partial charge in [-0.25, -0.2) is 13.2 Å². The molecule has 184 valence electrons. The molecule has 1 saturated heterocycles. The Bertz CT molecular complexity index is 1060. The highest BCUT2D eigenvalue weighted by Crippen LogP contribution is 2.32. The van der Waals surface area contributed by atoms with Crippen LogP contribution in [-0.2, 0) is 18.3 Å². The van der Waals surface area contributed by atoms with Crippen LogP contribution in [0.4, 0.5) is 13.2 Å². The molecule has 0 aliphatic carbocycles. The predicted octanol–water partition coefficient (Wildman–Crippen LogP) is 4.09. The van der Waals surface area contributed by atoms with Crippen LogP contribution in [0.1, 0.15) is 56.4 Å². The minimum absolute atomic E-state index is 0.00665. The van der Waals surface area contributed by atoms with Crippen LogP contribution in [0.25, 0.3) is 11.1 Å². The van der Waals surface area contributed by atoms with E-state index in [2.05, 4.69) is 20.3 Å². The number of hydrogen-bond donors (Lipinski definition) is 1. The van der Waals surface area contributed by atoms with E-state index < -0.39 is 12.1 Å². The van der Waals surface area contributed by atoms with E-state index in [0.29, 0.717) is 35.5 Å². The van der Waals surface area contributed by atoms with Gasteiger partial charge in [0.15, 0.2) is 0 Å². The van der Waals surface area contributed by atoms with E-state index in [-0.39, 0.29) is 17.6 Å². The summed E-state index contributed by atoms with van der Waals surface area (Å²) in [6.45, 7) is 5.52. The number of amides is 1. The van der Waals surface area contributed by atoms with Crippen LogP contribution in [0.3, 0.4) is 0 Å². The smallest absolute Gasteiger partial charge is 0.280 e. The van der Waals surface area contributed by atoms with Crippen LogP contribution in [0.2, 0.25) is 0 Å². The van der Waals surface area contributed by atoms with Gasteiger partial charge in [0, 0.05) is 50.4 Å². The molecule has 1 aromatic heterocycles. The van der Waals surface area contributed by atoms with Crippen molar-refractivity contribution in [1.29, 1.82) is 0 Å². The zero-order valence-corrected chi connectivity index (χ0v) is 20.0. The van der Waals surface area contributed by atoms with Gasteiger partial charge in [-0.3, -0.25) is 14.5 Å². The highest BCUT2D eigenvalue weighted by molar-refractivity contribution is 6.46. The summed E-state index contributed by atoms with van der Waals surface area (Å²) in [7, 11) is 1.49. The van der Waals surface area contributed by atoms with E-state index in [0.717, 1.165) is 44.3 Å². The monoisotopic (exact) mass is 475 g/mol. The first-order chi connectivity index (χ1) is 16.1. The van der Waals surface area contributed by atoms with Gasteiger partial charge in [0.05, 0.1) is 6.20 Å². The van der Waals surface area contributed by atoms with Crippen molar-refractivity contribution in [3.8, 4) is 11.1 Å². The van der Waals surface area contributed by atoms with Crippen molar-refractivity contribution in [1.82, 2.24) is 20.0 Å². The summed E-state index contributed by atoms with van der Waals surface area (Å²) in [5.41, 5.74) is 1.57. The topological polar surface area (TPSA) is 62.5 Å². The van der Waals surface area contributed by atoms with Gasteiger partial charge in [-0.05, 0) is 56.7 Å². The van der Waals surface area contributed by atoms with Crippen molar-refractivity contribution in [2.45, 2.75) is 57.7 Å². The molecule has 0 unspecified atom stereocenters. The fraction of sp³-hybridized carbons (Fsp3) is 0.560. The number of nitrogens with one attached hydrogen (secondary N) is 1. The molecule has 1 fully saturated rings. The highest BCUT2D eigenvalue weighted by atomic mass is 19.3. The first kappa shape index (κ1) is 24.4. The maximum atomic E-state index is 14.0. The first-order valence-corrected chi connectivity index (χ1v) is 11.8. The maximum absolute atomic E-state index is 14.0. The minimum Gasteiger partial charge on any atom is -0.348 e. The van der Waals surface area contributed by atoms with Crippen molar-refractivity contribution >= 4 is 11.6 Å². The lowest BCUT2D eigenvalue weighted by Gasteiger charge is -2.34. The zero-order chi connectivity index (χ0) is 24.5. The standard InChI is InChI=1S/C25H32F3N5O/c1-25(2,28)15-33-11-8-18(9-12-33)31-24(34)21-19-13-17(7-6-16(19)5-4-10-29-21)20-14-30-32(3)22(20)23(26)27/h6-7,13-14,18,23H,4-5,8-12,15H2,1-3H3,(H,31,34). The first-order valence-electron chi connectivity index (χ1n) is 11.8. The molecule has 1 aromatic carbocycles. The summed E-state index contributed by atoms with van der Waals surface area (Å²) in [5, 5.41) is 7.11. The van der Waals surface area contributed by atoms with Crippen molar-refractivity contribution < 1.29 is 18.0 Å². The molecule has 9 heteroatoms. The summed E-state index contributed by atoms with van der Waals surface area (Å²) in [4.78, 5) is 19.9. The summed E-state index contributed by atoms with van der Waals surface area (Å²) in [6, 6.07) is 5.49. The van der Waals surface area contributed by atoms with Crippen LogP contribution in [0.5, 0.6) is 0 Å². The molecule has 0 bridgehead atoms. The Morgan fingerprint density at radius 2 is 1.97 bits per heavy atom. The number of alkyl halides is 3. The van der Waals surface area contributed by atoms with E-state index in [1.165, 1.54) is 17.9 Å². The zero-order valence-electron chi connectivity index (χ0n) is 20.0. The number of likely N-dealkylation sites (tertiary alicyclic amines) is 1. The number of aromatic nitrogens is 2. The van der Waals surface area contributed by atoms with E-state index in [4.69, 9.17) is 0 Å². The van der Waals surface area contributed by atoms with Crippen molar-refractivity contribution in [3.63, 3.8) is 0 Å². The number of carbonyl (C=O) groups excluding carboxylic acids is 1. The van der Waals surface area contributed by atoms with Gasteiger partial charge in [-0.15, -0.1) is 0 Å². The number of aryl methyl sites for hydroxylation is 2. The number of carbonyl (C=O) groups is 1. The van der Waals surface area contributed by atoms with E-state index in [1.807, 2.05) is 12.1 Å². The Morgan fingerprint density at radius 3 is 2.65 bits per heavy atom. The Labute approximate surface area is 198 Å². The van der Waals surface area contributed by atoms with Gasteiger partial charge < -0.3 is 10.2 Å². The predicted molar refractivity (Wildman–Crippen MR) is 126 cm³/mol. The number of fused-ring (bicyclic) bond motifs is 1. The third-order valence-electron chi connectivity index (χ3n) is 6.48. The van der Waals surface area contributed by atoms with Crippen LogP contribution >= 0.6 is 0 Å². The molecule has 4 rings (SSSR count). The average Bonchev–Trinajstić information content (AvgIpc) is 3.03. The van der Waals surface area contributed by atoms with Gasteiger partial charge in [0.25, 0.3) is 12.3 Å². The van der Waals surface area contributed by atoms with E-state index in [9.17, 15) is 18.0 Å². The molecule has 0 saturated carbocycles. The van der Waals surface area contributed by atoms with Gasteiger partial charge >= 0.3 is 0 Å². The Kier molecular flexibility index (Phi) is 7.12. The third-order valence-corrected chi connectivity index (χ3v) is 6.48. The summed E-state index contributed by atoms with van der Waals surface area (Å²) in [5.74, 6) is -0.246. The number of rotatable bonds is 6. The Hall–Kier alpha value is -2.68. The van der Waals surface area contributed by atoms with Gasteiger partial charge in [-0.1, -0.05) is 12.1 Å². The molecular formula is C25H32F3N5O. The summed E-state index contributed by atoms with van der Waals surface area (Å²) >= 11 is 0. The molecule has 0 radical (unpaired) electrons. The third kappa shape index (κ3) is 5.51. The van der Waals surface area contributed by atoms with Crippen molar-refractivity contribution in [2.75, 3.05) is 26.2 Å². The summed E-state index contributed by atoms with van der Waals surface area (Å²) in [6.07, 6.45) is 1.85. The number of piperidine rings is 1.